The van der Waals surface area contributed by atoms with Crippen molar-refractivity contribution < 1.29 is 13.6 Å². The van der Waals surface area contributed by atoms with E-state index in [4.69, 9.17) is 0 Å². The molecule has 7 nitrogen and oxygen atoms in total. The summed E-state index contributed by atoms with van der Waals surface area (Å²) in [5.41, 5.74) is 1.61. The van der Waals surface area contributed by atoms with Crippen LogP contribution in [0, 0.1) is 11.6 Å². The third-order valence-corrected chi connectivity index (χ3v) is 4.28. The molecule has 0 spiro atoms. The molecule has 9 heteroatoms. The Morgan fingerprint density at radius 1 is 1.14 bits per heavy atom. The molecule has 1 aromatic carbocycles. The Morgan fingerprint density at radius 3 is 2.66 bits per heavy atom. The van der Waals surface area contributed by atoms with Crippen molar-refractivity contribution in [1.82, 2.24) is 19.6 Å². The number of carbonyl (C=O) groups excluding carboxylic acids is 1. The summed E-state index contributed by atoms with van der Waals surface area (Å²) in [6, 6.07) is 8.01. The maximum atomic E-state index is 13.5. The SMILES string of the molecule is CC(Nc1ccn2ncc(C(=O)Nc3cccnc3)c2n1)c1cc(F)cc(F)c1. The fraction of sp³-hybridized carbons (Fsp3) is 0.100. The van der Waals surface area contributed by atoms with Crippen LogP contribution in [-0.2, 0) is 0 Å². The summed E-state index contributed by atoms with van der Waals surface area (Å²) < 4.78 is 28.4. The van der Waals surface area contributed by atoms with Crippen LogP contribution in [0.2, 0.25) is 0 Å². The minimum Gasteiger partial charge on any atom is -0.363 e. The molecule has 0 saturated carbocycles. The predicted molar refractivity (Wildman–Crippen MR) is 104 cm³/mol. The first-order valence-electron chi connectivity index (χ1n) is 8.78. The van der Waals surface area contributed by atoms with Gasteiger partial charge in [-0.1, -0.05) is 0 Å². The van der Waals surface area contributed by atoms with E-state index in [1.807, 2.05) is 0 Å². The second-order valence-corrected chi connectivity index (χ2v) is 6.40. The summed E-state index contributed by atoms with van der Waals surface area (Å²) in [6.45, 7) is 1.76. The zero-order chi connectivity index (χ0) is 20.4. The number of anilines is 2. The molecule has 29 heavy (non-hydrogen) atoms. The van der Waals surface area contributed by atoms with Crippen LogP contribution in [0.4, 0.5) is 20.3 Å². The largest absolute Gasteiger partial charge is 0.363 e. The lowest BCUT2D eigenvalue weighted by Gasteiger charge is -2.15. The smallest absolute Gasteiger partial charge is 0.261 e. The lowest BCUT2D eigenvalue weighted by atomic mass is 10.1. The van der Waals surface area contributed by atoms with Gasteiger partial charge in [0.1, 0.15) is 23.0 Å². The molecule has 4 rings (SSSR count). The summed E-state index contributed by atoms with van der Waals surface area (Å²) in [4.78, 5) is 21.0. The molecule has 3 aromatic heterocycles. The Hall–Kier alpha value is -3.88. The Labute approximate surface area is 164 Å². The number of carbonyl (C=O) groups is 1. The van der Waals surface area contributed by atoms with Crippen molar-refractivity contribution >= 4 is 23.1 Å². The van der Waals surface area contributed by atoms with Crippen molar-refractivity contribution in [2.45, 2.75) is 13.0 Å². The zero-order valence-corrected chi connectivity index (χ0v) is 15.3. The average Bonchev–Trinajstić information content (AvgIpc) is 3.11. The zero-order valence-electron chi connectivity index (χ0n) is 15.3. The van der Waals surface area contributed by atoms with Gasteiger partial charge in [0, 0.05) is 18.5 Å². The molecule has 3 heterocycles. The molecule has 0 fully saturated rings. The van der Waals surface area contributed by atoms with E-state index < -0.39 is 17.7 Å². The van der Waals surface area contributed by atoms with Crippen molar-refractivity contribution in [3.05, 3.63) is 83.9 Å². The number of nitrogens with one attached hydrogen (secondary N) is 2. The van der Waals surface area contributed by atoms with E-state index in [1.54, 1.807) is 37.5 Å². The van der Waals surface area contributed by atoms with Crippen molar-refractivity contribution in [1.29, 1.82) is 0 Å². The standard InChI is InChI=1S/C20H16F2N6O/c1-12(13-7-14(21)9-15(22)8-13)25-18-4-6-28-19(27-18)17(11-24-28)20(29)26-16-3-2-5-23-10-16/h2-12H,1H3,(H,25,27)(H,26,29). The second kappa shape index (κ2) is 7.63. The molecule has 146 valence electrons. The van der Waals surface area contributed by atoms with Gasteiger partial charge in [-0.3, -0.25) is 9.78 Å². The molecule has 0 aliphatic heterocycles. The molecular formula is C20H16F2N6O. The summed E-state index contributed by atoms with van der Waals surface area (Å²) in [5, 5.41) is 9.95. The highest BCUT2D eigenvalue weighted by Gasteiger charge is 2.16. The van der Waals surface area contributed by atoms with Gasteiger partial charge in [0.2, 0.25) is 0 Å². The normalized spacial score (nSPS) is 12.0. The summed E-state index contributed by atoms with van der Waals surface area (Å²) in [6.07, 6.45) is 6.20. The number of amides is 1. The van der Waals surface area contributed by atoms with Crippen molar-refractivity contribution in [2.24, 2.45) is 0 Å². The van der Waals surface area contributed by atoms with Crippen LogP contribution < -0.4 is 10.6 Å². The van der Waals surface area contributed by atoms with Gasteiger partial charge < -0.3 is 10.6 Å². The van der Waals surface area contributed by atoms with Crippen LogP contribution in [0.15, 0.2) is 61.2 Å². The van der Waals surface area contributed by atoms with Gasteiger partial charge in [-0.05, 0) is 42.8 Å². The molecule has 0 bridgehead atoms. The third-order valence-electron chi connectivity index (χ3n) is 4.28. The van der Waals surface area contributed by atoms with E-state index in [2.05, 4.69) is 25.7 Å². The second-order valence-electron chi connectivity index (χ2n) is 6.40. The number of fused-ring (bicyclic) bond motifs is 1. The third kappa shape index (κ3) is 4.03. The number of benzene rings is 1. The van der Waals surface area contributed by atoms with Crippen molar-refractivity contribution in [2.75, 3.05) is 10.6 Å². The molecule has 0 saturated heterocycles. The number of hydrogen-bond donors (Lipinski definition) is 2. The monoisotopic (exact) mass is 394 g/mol. The highest BCUT2D eigenvalue weighted by atomic mass is 19.1. The summed E-state index contributed by atoms with van der Waals surface area (Å²) in [7, 11) is 0. The number of pyridine rings is 1. The van der Waals surface area contributed by atoms with Gasteiger partial charge in [-0.25, -0.2) is 18.3 Å². The predicted octanol–water partition coefficient (Wildman–Crippen LogP) is 3.83. The summed E-state index contributed by atoms with van der Waals surface area (Å²) in [5.74, 6) is -1.24. The van der Waals surface area contributed by atoms with Gasteiger partial charge in [-0.2, -0.15) is 5.10 Å². The average molecular weight is 394 g/mol. The molecule has 4 aromatic rings. The maximum absolute atomic E-state index is 13.5. The van der Waals surface area contributed by atoms with E-state index in [-0.39, 0.29) is 11.5 Å². The van der Waals surface area contributed by atoms with Crippen LogP contribution in [-0.4, -0.2) is 25.5 Å². The first-order valence-corrected chi connectivity index (χ1v) is 8.78. The van der Waals surface area contributed by atoms with Crippen LogP contribution in [0.25, 0.3) is 5.65 Å². The van der Waals surface area contributed by atoms with Crippen LogP contribution in [0.5, 0.6) is 0 Å². The molecule has 0 aliphatic carbocycles. The highest BCUT2D eigenvalue weighted by Crippen LogP contribution is 2.21. The number of halogens is 2. The minimum absolute atomic E-state index is 0.280. The number of rotatable bonds is 5. The van der Waals surface area contributed by atoms with Crippen molar-refractivity contribution in [3.63, 3.8) is 0 Å². The molecule has 1 amide bonds. The van der Waals surface area contributed by atoms with E-state index in [0.29, 0.717) is 22.7 Å². The molecule has 1 atom stereocenters. The number of aromatic nitrogens is 4. The number of hydrogen-bond acceptors (Lipinski definition) is 5. The van der Waals surface area contributed by atoms with Gasteiger partial charge in [0.05, 0.1) is 24.1 Å². The van der Waals surface area contributed by atoms with E-state index in [9.17, 15) is 13.6 Å². The van der Waals surface area contributed by atoms with Crippen LogP contribution in [0.1, 0.15) is 28.9 Å². The Morgan fingerprint density at radius 2 is 1.93 bits per heavy atom. The van der Waals surface area contributed by atoms with Crippen molar-refractivity contribution in [3.8, 4) is 0 Å². The topological polar surface area (TPSA) is 84.2 Å². The van der Waals surface area contributed by atoms with E-state index in [1.165, 1.54) is 29.0 Å². The van der Waals surface area contributed by atoms with Gasteiger partial charge in [0.15, 0.2) is 5.65 Å². The highest BCUT2D eigenvalue weighted by molar-refractivity contribution is 6.08. The first kappa shape index (κ1) is 18.5. The van der Waals surface area contributed by atoms with E-state index in [0.717, 1.165) is 6.07 Å². The Bertz CT molecular complexity index is 1160. The van der Waals surface area contributed by atoms with Crippen LogP contribution in [0.3, 0.4) is 0 Å². The summed E-state index contributed by atoms with van der Waals surface area (Å²) >= 11 is 0. The molecule has 1 unspecified atom stereocenters. The first-order chi connectivity index (χ1) is 14.0. The molecular weight excluding hydrogens is 378 g/mol. The Balaban J connectivity index is 1.58. The Kier molecular flexibility index (Phi) is 4.86. The molecule has 2 N–H and O–H groups in total. The van der Waals surface area contributed by atoms with Gasteiger partial charge in [0.25, 0.3) is 5.91 Å². The van der Waals surface area contributed by atoms with Crippen LogP contribution >= 0.6 is 0 Å². The van der Waals surface area contributed by atoms with E-state index >= 15 is 0 Å². The fourth-order valence-electron chi connectivity index (χ4n) is 2.87. The minimum atomic E-state index is -0.651. The maximum Gasteiger partial charge on any atom is 0.261 e. The fourth-order valence-corrected chi connectivity index (χ4v) is 2.87. The lowest BCUT2D eigenvalue weighted by Crippen LogP contribution is -2.13. The van der Waals surface area contributed by atoms with Gasteiger partial charge in [-0.15, -0.1) is 0 Å². The molecule has 0 aliphatic rings. The quantitative estimate of drug-likeness (QED) is 0.538. The number of nitrogens with zero attached hydrogens (tertiary/aromatic N) is 4. The van der Waals surface area contributed by atoms with Gasteiger partial charge >= 0.3 is 0 Å². The lowest BCUT2D eigenvalue weighted by molar-refractivity contribution is 0.102. The molecule has 0 radical (unpaired) electrons.